The van der Waals surface area contributed by atoms with Gasteiger partial charge in [0.25, 0.3) is 0 Å². The van der Waals surface area contributed by atoms with Crippen molar-refractivity contribution in [1.29, 1.82) is 0 Å². The Balaban J connectivity index is 2.97. The molecule has 16 heavy (non-hydrogen) atoms. The molecule has 1 heteroatoms. The average Bonchev–Trinajstić information content (AvgIpc) is 2.17. The van der Waals surface area contributed by atoms with Gasteiger partial charge in [-0.05, 0) is 46.5 Å². The highest BCUT2D eigenvalue weighted by atomic mass is 15.2. The van der Waals surface area contributed by atoms with Crippen molar-refractivity contribution < 1.29 is 0 Å². The van der Waals surface area contributed by atoms with Crippen LogP contribution in [-0.4, -0.2) is 22.5 Å². The number of hydrogen-bond donors (Lipinski definition) is 0. The lowest BCUT2D eigenvalue weighted by Gasteiger charge is -2.53. The van der Waals surface area contributed by atoms with Gasteiger partial charge in [0.2, 0.25) is 0 Å². The first-order valence-corrected chi connectivity index (χ1v) is 7.20. The van der Waals surface area contributed by atoms with Gasteiger partial charge in [-0.3, -0.25) is 4.90 Å². The van der Waals surface area contributed by atoms with E-state index in [4.69, 9.17) is 0 Å². The van der Waals surface area contributed by atoms with E-state index in [0.717, 1.165) is 5.92 Å². The van der Waals surface area contributed by atoms with Gasteiger partial charge in [0.05, 0.1) is 0 Å². The van der Waals surface area contributed by atoms with Crippen LogP contribution in [0, 0.1) is 5.92 Å². The van der Waals surface area contributed by atoms with Gasteiger partial charge in [-0.1, -0.05) is 33.1 Å². The molecule has 1 aliphatic rings. The summed E-state index contributed by atoms with van der Waals surface area (Å²) in [6, 6.07) is 1.33. The topological polar surface area (TPSA) is 3.24 Å². The van der Waals surface area contributed by atoms with Gasteiger partial charge in [0, 0.05) is 17.6 Å². The fourth-order valence-corrected chi connectivity index (χ4v) is 3.92. The van der Waals surface area contributed by atoms with E-state index in [9.17, 15) is 0 Å². The standard InChI is InChI=1S/C15H31N/c1-12(2)15(10-8-7-9-11-15)16(13(3)4)14(5)6/h12-14H,7-11H2,1-6H3. The summed E-state index contributed by atoms with van der Waals surface area (Å²) < 4.78 is 0. The van der Waals surface area contributed by atoms with Crippen molar-refractivity contribution >= 4 is 0 Å². The maximum Gasteiger partial charge on any atom is 0.0237 e. The van der Waals surface area contributed by atoms with E-state index in [2.05, 4.69) is 46.4 Å². The van der Waals surface area contributed by atoms with Gasteiger partial charge in [0.1, 0.15) is 0 Å². The maximum atomic E-state index is 2.79. The minimum absolute atomic E-state index is 0.473. The third kappa shape index (κ3) is 2.61. The van der Waals surface area contributed by atoms with Crippen molar-refractivity contribution in [2.24, 2.45) is 5.92 Å². The quantitative estimate of drug-likeness (QED) is 0.682. The van der Waals surface area contributed by atoms with Crippen molar-refractivity contribution in [3.8, 4) is 0 Å². The smallest absolute Gasteiger partial charge is 0.0237 e. The van der Waals surface area contributed by atoms with Gasteiger partial charge in [-0.25, -0.2) is 0 Å². The molecule has 0 aromatic rings. The molecule has 0 aliphatic heterocycles. The molecule has 1 nitrogen and oxygen atoms in total. The van der Waals surface area contributed by atoms with E-state index < -0.39 is 0 Å². The zero-order valence-corrected chi connectivity index (χ0v) is 12.2. The van der Waals surface area contributed by atoms with Crippen molar-refractivity contribution in [1.82, 2.24) is 4.90 Å². The molecule has 1 rings (SSSR count). The summed E-state index contributed by atoms with van der Waals surface area (Å²) in [7, 11) is 0. The summed E-state index contributed by atoms with van der Waals surface area (Å²) in [6.07, 6.45) is 7.10. The molecule has 0 radical (unpaired) electrons. The number of rotatable bonds is 4. The molecule has 0 N–H and O–H groups in total. The van der Waals surface area contributed by atoms with E-state index in [0.29, 0.717) is 17.6 Å². The Labute approximate surface area is 103 Å². The Kier molecular flexibility index (Phi) is 4.85. The van der Waals surface area contributed by atoms with Crippen LogP contribution in [0.3, 0.4) is 0 Å². The monoisotopic (exact) mass is 225 g/mol. The van der Waals surface area contributed by atoms with Crippen LogP contribution >= 0.6 is 0 Å². The lowest BCUT2D eigenvalue weighted by Crippen LogP contribution is -2.59. The minimum atomic E-state index is 0.473. The van der Waals surface area contributed by atoms with Gasteiger partial charge in [0.15, 0.2) is 0 Å². The van der Waals surface area contributed by atoms with Crippen LogP contribution in [0.5, 0.6) is 0 Å². The Morgan fingerprint density at radius 2 is 1.19 bits per heavy atom. The molecule has 0 unspecified atom stereocenters. The molecule has 1 aliphatic carbocycles. The largest absolute Gasteiger partial charge is 0.293 e. The fraction of sp³-hybridized carbons (Fsp3) is 1.00. The lowest BCUT2D eigenvalue weighted by molar-refractivity contribution is -0.0346. The second kappa shape index (κ2) is 5.53. The highest BCUT2D eigenvalue weighted by Gasteiger charge is 2.42. The molecule has 1 saturated carbocycles. The molecule has 96 valence electrons. The average molecular weight is 225 g/mol. The fourth-order valence-electron chi connectivity index (χ4n) is 3.92. The van der Waals surface area contributed by atoms with Crippen LogP contribution < -0.4 is 0 Å². The maximum absolute atomic E-state index is 2.79. The number of hydrogen-bond acceptors (Lipinski definition) is 1. The molecule has 0 aromatic heterocycles. The van der Waals surface area contributed by atoms with E-state index in [1.807, 2.05) is 0 Å². The predicted octanol–water partition coefficient (Wildman–Crippen LogP) is 4.46. The van der Waals surface area contributed by atoms with Crippen molar-refractivity contribution in [2.75, 3.05) is 0 Å². The predicted molar refractivity (Wildman–Crippen MR) is 72.8 cm³/mol. The molecular formula is C15H31N. The molecule has 0 heterocycles. The molecule has 0 atom stereocenters. The summed E-state index contributed by atoms with van der Waals surface area (Å²) in [6.45, 7) is 14.3. The van der Waals surface area contributed by atoms with Crippen LogP contribution in [-0.2, 0) is 0 Å². The van der Waals surface area contributed by atoms with Gasteiger partial charge in [-0.15, -0.1) is 0 Å². The minimum Gasteiger partial charge on any atom is -0.293 e. The Morgan fingerprint density at radius 3 is 1.50 bits per heavy atom. The van der Waals surface area contributed by atoms with Crippen molar-refractivity contribution in [2.45, 2.75) is 91.3 Å². The summed E-state index contributed by atoms with van der Waals surface area (Å²) in [4.78, 5) is 2.79. The first-order valence-electron chi connectivity index (χ1n) is 7.20. The third-order valence-electron chi connectivity index (χ3n) is 4.42. The first-order chi connectivity index (χ1) is 7.42. The Hall–Kier alpha value is -0.0400. The van der Waals surface area contributed by atoms with Crippen LogP contribution in [0.2, 0.25) is 0 Å². The van der Waals surface area contributed by atoms with Gasteiger partial charge >= 0.3 is 0 Å². The van der Waals surface area contributed by atoms with Crippen LogP contribution in [0.4, 0.5) is 0 Å². The molecule has 0 saturated heterocycles. The zero-order valence-electron chi connectivity index (χ0n) is 12.2. The Bertz CT molecular complexity index is 191. The normalized spacial score (nSPS) is 21.4. The molecular weight excluding hydrogens is 194 g/mol. The first kappa shape index (κ1) is 14.0. The third-order valence-corrected chi connectivity index (χ3v) is 4.42. The molecule has 0 amide bonds. The highest BCUT2D eigenvalue weighted by Crippen LogP contribution is 2.41. The summed E-state index contributed by atoms with van der Waals surface area (Å²) in [5.41, 5.74) is 0.473. The lowest BCUT2D eigenvalue weighted by atomic mass is 9.71. The second-order valence-electron chi connectivity index (χ2n) is 6.41. The molecule has 1 fully saturated rings. The molecule has 0 aromatic carbocycles. The zero-order chi connectivity index (χ0) is 12.3. The van der Waals surface area contributed by atoms with E-state index in [1.54, 1.807) is 0 Å². The van der Waals surface area contributed by atoms with Crippen molar-refractivity contribution in [3.63, 3.8) is 0 Å². The molecule has 0 bridgehead atoms. The van der Waals surface area contributed by atoms with Crippen LogP contribution in [0.1, 0.15) is 73.6 Å². The van der Waals surface area contributed by atoms with Gasteiger partial charge < -0.3 is 0 Å². The highest BCUT2D eigenvalue weighted by molar-refractivity contribution is 4.98. The van der Waals surface area contributed by atoms with Crippen LogP contribution in [0.25, 0.3) is 0 Å². The van der Waals surface area contributed by atoms with E-state index in [1.165, 1.54) is 32.1 Å². The second-order valence-corrected chi connectivity index (χ2v) is 6.41. The van der Waals surface area contributed by atoms with Crippen LogP contribution in [0.15, 0.2) is 0 Å². The SMILES string of the molecule is CC(C)N(C(C)C)C1(C(C)C)CCCCC1. The molecule has 0 spiro atoms. The Morgan fingerprint density at radius 1 is 0.750 bits per heavy atom. The van der Waals surface area contributed by atoms with Gasteiger partial charge in [-0.2, -0.15) is 0 Å². The van der Waals surface area contributed by atoms with E-state index in [-0.39, 0.29) is 0 Å². The summed E-state index contributed by atoms with van der Waals surface area (Å²) >= 11 is 0. The summed E-state index contributed by atoms with van der Waals surface area (Å²) in [5.74, 6) is 0.776. The van der Waals surface area contributed by atoms with E-state index >= 15 is 0 Å². The summed E-state index contributed by atoms with van der Waals surface area (Å²) in [5, 5.41) is 0. The number of nitrogens with zero attached hydrogens (tertiary/aromatic N) is 1. The van der Waals surface area contributed by atoms with Crippen molar-refractivity contribution in [3.05, 3.63) is 0 Å².